The monoisotopic (exact) mass is 182 g/mol. The number of piperidine rings is 1. The summed E-state index contributed by atoms with van der Waals surface area (Å²) >= 11 is 0. The molecule has 0 amide bonds. The van der Waals surface area contributed by atoms with E-state index >= 15 is 0 Å². The average Bonchev–Trinajstić information content (AvgIpc) is 2.88. The molecular formula is C11H22N2. The Morgan fingerprint density at radius 1 is 1.31 bits per heavy atom. The van der Waals surface area contributed by atoms with Crippen LogP contribution in [0.5, 0.6) is 0 Å². The summed E-state index contributed by atoms with van der Waals surface area (Å²) in [6, 6.07) is 0.890. The van der Waals surface area contributed by atoms with Crippen molar-refractivity contribution >= 4 is 0 Å². The van der Waals surface area contributed by atoms with Crippen molar-refractivity contribution in [3.05, 3.63) is 0 Å². The Balaban J connectivity index is 1.56. The standard InChI is InChI=1S/C11H22N2/c1-13-8-2-3-10(9-13)6-7-12-11-4-5-11/h10-12H,2-9H2,1H3. The first-order chi connectivity index (χ1) is 6.34. The van der Waals surface area contributed by atoms with Crippen LogP contribution in [0.25, 0.3) is 0 Å². The van der Waals surface area contributed by atoms with Gasteiger partial charge in [-0.05, 0) is 58.2 Å². The highest BCUT2D eigenvalue weighted by atomic mass is 15.1. The molecule has 0 spiro atoms. The number of nitrogens with one attached hydrogen (secondary N) is 1. The van der Waals surface area contributed by atoms with Crippen molar-refractivity contribution in [3.63, 3.8) is 0 Å². The summed E-state index contributed by atoms with van der Waals surface area (Å²) in [4.78, 5) is 2.48. The lowest BCUT2D eigenvalue weighted by atomic mass is 9.95. The van der Waals surface area contributed by atoms with Gasteiger partial charge in [-0.3, -0.25) is 0 Å². The first kappa shape index (κ1) is 9.47. The van der Waals surface area contributed by atoms with Gasteiger partial charge in [-0.15, -0.1) is 0 Å². The Morgan fingerprint density at radius 3 is 2.85 bits per heavy atom. The smallest absolute Gasteiger partial charge is 0.00682 e. The minimum absolute atomic E-state index is 0.890. The van der Waals surface area contributed by atoms with Gasteiger partial charge in [-0.25, -0.2) is 0 Å². The van der Waals surface area contributed by atoms with E-state index in [1.54, 1.807) is 0 Å². The third-order valence-corrected chi connectivity index (χ3v) is 3.29. The van der Waals surface area contributed by atoms with Crippen molar-refractivity contribution in [2.45, 2.75) is 38.1 Å². The fourth-order valence-corrected chi connectivity index (χ4v) is 2.29. The molecule has 0 bridgehead atoms. The van der Waals surface area contributed by atoms with Crippen LogP contribution in [-0.2, 0) is 0 Å². The summed E-state index contributed by atoms with van der Waals surface area (Å²) in [6.07, 6.45) is 7.09. The lowest BCUT2D eigenvalue weighted by molar-refractivity contribution is 0.201. The van der Waals surface area contributed by atoms with Gasteiger partial charge in [0.15, 0.2) is 0 Å². The highest BCUT2D eigenvalue weighted by Crippen LogP contribution is 2.21. The molecule has 1 saturated carbocycles. The second kappa shape index (κ2) is 4.43. The predicted octanol–water partition coefficient (Wildman–Crippen LogP) is 1.47. The molecule has 13 heavy (non-hydrogen) atoms. The Bertz CT molecular complexity index is 154. The molecule has 0 aromatic heterocycles. The summed E-state index contributed by atoms with van der Waals surface area (Å²) in [6.45, 7) is 3.89. The van der Waals surface area contributed by atoms with Gasteiger partial charge in [0.2, 0.25) is 0 Å². The third kappa shape index (κ3) is 3.28. The van der Waals surface area contributed by atoms with E-state index < -0.39 is 0 Å². The van der Waals surface area contributed by atoms with Crippen LogP contribution in [0, 0.1) is 5.92 Å². The van der Waals surface area contributed by atoms with E-state index in [0.29, 0.717) is 0 Å². The van der Waals surface area contributed by atoms with Gasteiger partial charge in [-0.1, -0.05) is 0 Å². The molecule has 2 rings (SSSR count). The maximum atomic E-state index is 3.60. The van der Waals surface area contributed by atoms with Crippen LogP contribution in [0.2, 0.25) is 0 Å². The minimum Gasteiger partial charge on any atom is -0.314 e. The maximum absolute atomic E-state index is 3.60. The summed E-state index contributed by atoms with van der Waals surface area (Å²) in [5, 5.41) is 3.60. The Morgan fingerprint density at radius 2 is 2.15 bits per heavy atom. The van der Waals surface area contributed by atoms with Crippen molar-refractivity contribution in [1.29, 1.82) is 0 Å². The van der Waals surface area contributed by atoms with E-state index in [0.717, 1.165) is 12.0 Å². The maximum Gasteiger partial charge on any atom is 0.00682 e. The van der Waals surface area contributed by atoms with E-state index in [9.17, 15) is 0 Å². The van der Waals surface area contributed by atoms with Crippen molar-refractivity contribution in [3.8, 4) is 0 Å². The molecule has 0 aromatic carbocycles. The molecule has 2 aliphatic rings. The zero-order valence-corrected chi connectivity index (χ0v) is 8.76. The molecule has 0 aromatic rings. The predicted molar refractivity (Wildman–Crippen MR) is 55.9 cm³/mol. The fraction of sp³-hybridized carbons (Fsp3) is 1.00. The number of rotatable bonds is 4. The van der Waals surface area contributed by atoms with E-state index in [4.69, 9.17) is 0 Å². The van der Waals surface area contributed by atoms with Gasteiger partial charge in [0.25, 0.3) is 0 Å². The lowest BCUT2D eigenvalue weighted by Crippen LogP contribution is -2.33. The van der Waals surface area contributed by atoms with Gasteiger partial charge < -0.3 is 10.2 Å². The van der Waals surface area contributed by atoms with E-state index in [1.165, 1.54) is 51.7 Å². The van der Waals surface area contributed by atoms with Crippen molar-refractivity contribution in [1.82, 2.24) is 10.2 Å². The van der Waals surface area contributed by atoms with Crippen LogP contribution >= 0.6 is 0 Å². The summed E-state index contributed by atoms with van der Waals surface area (Å²) in [5.41, 5.74) is 0. The van der Waals surface area contributed by atoms with Crippen LogP contribution in [0.15, 0.2) is 0 Å². The largest absolute Gasteiger partial charge is 0.314 e. The van der Waals surface area contributed by atoms with Crippen molar-refractivity contribution in [2.75, 3.05) is 26.7 Å². The molecular weight excluding hydrogens is 160 g/mol. The van der Waals surface area contributed by atoms with Gasteiger partial charge in [0, 0.05) is 12.6 Å². The van der Waals surface area contributed by atoms with Crippen LogP contribution in [0.1, 0.15) is 32.1 Å². The average molecular weight is 182 g/mol. The second-order valence-electron chi connectivity index (χ2n) is 4.79. The summed E-state index contributed by atoms with van der Waals surface area (Å²) in [5.74, 6) is 0.963. The summed E-state index contributed by atoms with van der Waals surface area (Å²) < 4.78 is 0. The Labute approximate surface area is 81.7 Å². The molecule has 0 radical (unpaired) electrons. The summed E-state index contributed by atoms with van der Waals surface area (Å²) in [7, 11) is 2.25. The number of hydrogen-bond acceptors (Lipinski definition) is 2. The Kier molecular flexibility index (Phi) is 3.23. The quantitative estimate of drug-likeness (QED) is 0.708. The molecule has 1 aliphatic heterocycles. The SMILES string of the molecule is CN1CCCC(CCNC2CC2)C1. The molecule has 1 aliphatic carbocycles. The van der Waals surface area contributed by atoms with Gasteiger partial charge in [0.1, 0.15) is 0 Å². The number of likely N-dealkylation sites (tertiary alicyclic amines) is 1. The van der Waals surface area contributed by atoms with Crippen LogP contribution in [0.3, 0.4) is 0 Å². The molecule has 1 N–H and O–H groups in total. The highest BCUT2D eigenvalue weighted by molar-refractivity contribution is 4.81. The zero-order valence-electron chi connectivity index (χ0n) is 8.76. The van der Waals surface area contributed by atoms with Crippen LogP contribution in [0.4, 0.5) is 0 Å². The Hall–Kier alpha value is -0.0800. The van der Waals surface area contributed by atoms with E-state index in [-0.39, 0.29) is 0 Å². The molecule has 1 atom stereocenters. The molecule has 2 fully saturated rings. The highest BCUT2D eigenvalue weighted by Gasteiger charge is 2.21. The van der Waals surface area contributed by atoms with Gasteiger partial charge >= 0.3 is 0 Å². The first-order valence-electron chi connectivity index (χ1n) is 5.76. The van der Waals surface area contributed by atoms with Crippen molar-refractivity contribution < 1.29 is 0 Å². The number of nitrogens with zero attached hydrogens (tertiary/aromatic N) is 1. The molecule has 2 heteroatoms. The van der Waals surface area contributed by atoms with E-state index in [2.05, 4.69) is 17.3 Å². The molecule has 1 unspecified atom stereocenters. The van der Waals surface area contributed by atoms with Crippen molar-refractivity contribution in [2.24, 2.45) is 5.92 Å². The topological polar surface area (TPSA) is 15.3 Å². The number of hydrogen-bond donors (Lipinski definition) is 1. The third-order valence-electron chi connectivity index (χ3n) is 3.29. The fourth-order valence-electron chi connectivity index (χ4n) is 2.29. The molecule has 2 nitrogen and oxygen atoms in total. The normalized spacial score (nSPS) is 30.7. The lowest BCUT2D eigenvalue weighted by Gasteiger charge is -2.29. The first-order valence-corrected chi connectivity index (χ1v) is 5.76. The van der Waals surface area contributed by atoms with Gasteiger partial charge in [-0.2, -0.15) is 0 Å². The molecule has 1 saturated heterocycles. The van der Waals surface area contributed by atoms with Crippen LogP contribution in [-0.4, -0.2) is 37.6 Å². The van der Waals surface area contributed by atoms with E-state index in [1.807, 2.05) is 0 Å². The van der Waals surface area contributed by atoms with Crippen LogP contribution < -0.4 is 5.32 Å². The second-order valence-corrected chi connectivity index (χ2v) is 4.79. The molecule has 76 valence electrons. The zero-order chi connectivity index (χ0) is 9.10. The molecule has 1 heterocycles. The van der Waals surface area contributed by atoms with Gasteiger partial charge in [0.05, 0.1) is 0 Å². The minimum atomic E-state index is 0.890.